The summed E-state index contributed by atoms with van der Waals surface area (Å²) in [6.07, 6.45) is 0.476. The van der Waals surface area contributed by atoms with Crippen LogP contribution in [0, 0.1) is 13.8 Å². The molecule has 1 rings (SSSR count). The number of hydrogen-bond acceptors (Lipinski definition) is 2. The van der Waals surface area contributed by atoms with E-state index in [1.807, 2.05) is 39.0 Å². The van der Waals surface area contributed by atoms with Crippen LogP contribution in [0.3, 0.4) is 0 Å². The van der Waals surface area contributed by atoms with E-state index in [0.29, 0.717) is 6.54 Å². The van der Waals surface area contributed by atoms with Crippen LogP contribution in [0.4, 0.5) is 0 Å². The number of benzene rings is 1. The average molecular weight is 235 g/mol. The Kier molecular flexibility index (Phi) is 5.01. The van der Waals surface area contributed by atoms with Crippen LogP contribution >= 0.6 is 0 Å². The molecule has 0 saturated heterocycles. The van der Waals surface area contributed by atoms with Crippen molar-refractivity contribution >= 4 is 5.91 Å². The highest BCUT2D eigenvalue weighted by Crippen LogP contribution is 2.21. The summed E-state index contributed by atoms with van der Waals surface area (Å²) in [7, 11) is 0. The van der Waals surface area contributed by atoms with Crippen LogP contribution in [-0.4, -0.2) is 18.6 Å². The summed E-state index contributed by atoms with van der Waals surface area (Å²) >= 11 is 0. The van der Waals surface area contributed by atoms with Crippen molar-refractivity contribution in [1.29, 1.82) is 0 Å². The van der Waals surface area contributed by atoms with E-state index < -0.39 is 6.10 Å². The molecule has 0 fully saturated rings. The molecule has 1 aromatic carbocycles. The van der Waals surface area contributed by atoms with E-state index in [0.717, 1.165) is 17.7 Å². The van der Waals surface area contributed by atoms with Gasteiger partial charge in [-0.2, -0.15) is 0 Å². The van der Waals surface area contributed by atoms with E-state index >= 15 is 0 Å². The SMILES string of the molecule is CCCNC(=O)C(C)Oc1cccc(C)c1C. The third-order valence-corrected chi connectivity index (χ3v) is 2.78. The number of carbonyl (C=O) groups is 1. The molecular formula is C14H21NO2. The quantitative estimate of drug-likeness (QED) is 0.852. The van der Waals surface area contributed by atoms with Crippen molar-refractivity contribution in [1.82, 2.24) is 5.32 Å². The Morgan fingerprint density at radius 3 is 2.76 bits per heavy atom. The lowest BCUT2D eigenvalue weighted by molar-refractivity contribution is -0.127. The van der Waals surface area contributed by atoms with Gasteiger partial charge in [0.1, 0.15) is 5.75 Å². The molecule has 0 heterocycles. The molecular weight excluding hydrogens is 214 g/mol. The molecule has 0 bridgehead atoms. The normalized spacial score (nSPS) is 12.0. The second kappa shape index (κ2) is 6.28. The van der Waals surface area contributed by atoms with Gasteiger partial charge >= 0.3 is 0 Å². The van der Waals surface area contributed by atoms with Gasteiger partial charge in [-0.3, -0.25) is 4.79 Å². The highest BCUT2D eigenvalue weighted by molar-refractivity contribution is 5.80. The maximum Gasteiger partial charge on any atom is 0.260 e. The zero-order chi connectivity index (χ0) is 12.8. The van der Waals surface area contributed by atoms with Crippen molar-refractivity contribution < 1.29 is 9.53 Å². The number of aryl methyl sites for hydroxylation is 1. The molecule has 3 heteroatoms. The molecule has 1 unspecified atom stereocenters. The summed E-state index contributed by atoms with van der Waals surface area (Å²) in [6.45, 7) is 8.52. The molecule has 1 N–H and O–H groups in total. The number of ether oxygens (including phenoxy) is 1. The lowest BCUT2D eigenvalue weighted by Gasteiger charge is -2.16. The maximum absolute atomic E-state index is 11.7. The van der Waals surface area contributed by atoms with Crippen molar-refractivity contribution in [2.45, 2.75) is 40.2 Å². The van der Waals surface area contributed by atoms with E-state index in [9.17, 15) is 4.79 Å². The standard InChI is InChI=1S/C14H21NO2/c1-5-9-15-14(16)12(4)17-13-8-6-7-10(2)11(13)3/h6-8,12H,5,9H2,1-4H3,(H,15,16). The minimum Gasteiger partial charge on any atom is -0.481 e. The summed E-state index contributed by atoms with van der Waals surface area (Å²) in [6, 6.07) is 5.87. The Labute approximate surface area is 103 Å². The molecule has 0 radical (unpaired) electrons. The van der Waals surface area contributed by atoms with Crippen LogP contribution in [0.1, 0.15) is 31.4 Å². The Hall–Kier alpha value is -1.51. The largest absolute Gasteiger partial charge is 0.481 e. The predicted octanol–water partition coefficient (Wildman–Crippen LogP) is 2.60. The third-order valence-electron chi connectivity index (χ3n) is 2.78. The van der Waals surface area contributed by atoms with Gasteiger partial charge in [0.05, 0.1) is 0 Å². The molecule has 0 aliphatic rings. The lowest BCUT2D eigenvalue weighted by atomic mass is 10.1. The number of hydrogen-bond donors (Lipinski definition) is 1. The predicted molar refractivity (Wildman–Crippen MR) is 69.3 cm³/mol. The first kappa shape index (κ1) is 13.6. The van der Waals surface area contributed by atoms with Crippen LogP contribution in [-0.2, 0) is 4.79 Å². The summed E-state index contributed by atoms with van der Waals surface area (Å²) in [5.74, 6) is 0.719. The topological polar surface area (TPSA) is 38.3 Å². The molecule has 1 atom stereocenters. The van der Waals surface area contributed by atoms with Gasteiger partial charge in [-0.1, -0.05) is 19.1 Å². The van der Waals surface area contributed by atoms with Gasteiger partial charge in [-0.15, -0.1) is 0 Å². The van der Waals surface area contributed by atoms with Gasteiger partial charge in [0.2, 0.25) is 0 Å². The van der Waals surface area contributed by atoms with Crippen LogP contribution in [0.2, 0.25) is 0 Å². The fourth-order valence-corrected chi connectivity index (χ4v) is 1.49. The van der Waals surface area contributed by atoms with Crippen LogP contribution in [0.25, 0.3) is 0 Å². The van der Waals surface area contributed by atoms with Crippen molar-refractivity contribution in [3.8, 4) is 5.75 Å². The molecule has 0 saturated carbocycles. The van der Waals surface area contributed by atoms with Gasteiger partial charge in [-0.05, 0) is 44.4 Å². The van der Waals surface area contributed by atoms with E-state index in [2.05, 4.69) is 5.32 Å². The molecule has 0 spiro atoms. The first-order valence-electron chi connectivity index (χ1n) is 6.06. The Bertz CT molecular complexity index is 388. The lowest BCUT2D eigenvalue weighted by Crippen LogP contribution is -2.36. The Morgan fingerprint density at radius 1 is 1.41 bits per heavy atom. The second-order valence-corrected chi connectivity index (χ2v) is 4.25. The minimum absolute atomic E-state index is 0.0623. The van der Waals surface area contributed by atoms with Crippen molar-refractivity contribution in [2.24, 2.45) is 0 Å². The highest BCUT2D eigenvalue weighted by atomic mass is 16.5. The molecule has 0 aliphatic heterocycles. The number of rotatable bonds is 5. The monoisotopic (exact) mass is 235 g/mol. The van der Waals surface area contributed by atoms with Crippen molar-refractivity contribution in [3.63, 3.8) is 0 Å². The average Bonchev–Trinajstić information content (AvgIpc) is 2.31. The van der Waals surface area contributed by atoms with E-state index in [1.165, 1.54) is 5.56 Å². The molecule has 1 amide bonds. The molecule has 0 aliphatic carbocycles. The fraction of sp³-hybridized carbons (Fsp3) is 0.500. The fourth-order valence-electron chi connectivity index (χ4n) is 1.49. The molecule has 17 heavy (non-hydrogen) atoms. The zero-order valence-corrected chi connectivity index (χ0v) is 11.0. The molecule has 0 aromatic heterocycles. The number of amides is 1. The minimum atomic E-state index is -0.456. The highest BCUT2D eigenvalue weighted by Gasteiger charge is 2.14. The van der Waals surface area contributed by atoms with Gasteiger partial charge in [0, 0.05) is 6.54 Å². The summed E-state index contributed by atoms with van der Waals surface area (Å²) in [4.78, 5) is 11.7. The van der Waals surface area contributed by atoms with E-state index in [-0.39, 0.29) is 5.91 Å². The Balaban J connectivity index is 2.64. The maximum atomic E-state index is 11.7. The first-order chi connectivity index (χ1) is 8.06. The van der Waals surface area contributed by atoms with E-state index in [4.69, 9.17) is 4.74 Å². The van der Waals surface area contributed by atoms with Gasteiger partial charge in [-0.25, -0.2) is 0 Å². The van der Waals surface area contributed by atoms with Crippen LogP contribution < -0.4 is 10.1 Å². The number of carbonyl (C=O) groups excluding carboxylic acids is 1. The van der Waals surface area contributed by atoms with Crippen LogP contribution in [0.15, 0.2) is 18.2 Å². The summed E-state index contributed by atoms with van der Waals surface area (Å²) in [5.41, 5.74) is 2.26. The smallest absolute Gasteiger partial charge is 0.260 e. The van der Waals surface area contributed by atoms with Crippen molar-refractivity contribution in [2.75, 3.05) is 6.54 Å². The number of nitrogens with one attached hydrogen (secondary N) is 1. The summed E-state index contributed by atoms with van der Waals surface area (Å²) in [5, 5.41) is 2.82. The summed E-state index contributed by atoms with van der Waals surface area (Å²) < 4.78 is 5.67. The first-order valence-corrected chi connectivity index (χ1v) is 6.06. The molecule has 3 nitrogen and oxygen atoms in total. The molecule has 1 aromatic rings. The van der Waals surface area contributed by atoms with Gasteiger partial charge in [0.15, 0.2) is 6.10 Å². The Morgan fingerprint density at radius 2 is 2.12 bits per heavy atom. The molecule has 94 valence electrons. The zero-order valence-electron chi connectivity index (χ0n) is 11.0. The van der Waals surface area contributed by atoms with Crippen LogP contribution in [0.5, 0.6) is 5.75 Å². The van der Waals surface area contributed by atoms with Gasteiger partial charge < -0.3 is 10.1 Å². The second-order valence-electron chi connectivity index (χ2n) is 4.25. The third kappa shape index (κ3) is 3.77. The van der Waals surface area contributed by atoms with Crippen molar-refractivity contribution in [3.05, 3.63) is 29.3 Å². The van der Waals surface area contributed by atoms with Gasteiger partial charge in [0.25, 0.3) is 5.91 Å². The van der Waals surface area contributed by atoms with E-state index in [1.54, 1.807) is 6.92 Å².